The molecule has 0 amide bonds. The lowest BCUT2D eigenvalue weighted by Crippen LogP contribution is -2.49. The van der Waals surface area contributed by atoms with Crippen LogP contribution in [0.1, 0.15) is 13.8 Å². The number of nitrogens with zero attached hydrogens (tertiary/aromatic N) is 1. The van der Waals surface area contributed by atoms with Crippen molar-refractivity contribution in [2.24, 2.45) is 0 Å². The van der Waals surface area contributed by atoms with Crippen molar-refractivity contribution in [2.75, 3.05) is 26.2 Å². The van der Waals surface area contributed by atoms with Gasteiger partial charge in [0.2, 0.25) is 0 Å². The van der Waals surface area contributed by atoms with Crippen LogP contribution in [-0.2, 0) is 0 Å². The maximum atomic E-state index is 9.58. The molecule has 1 heterocycles. The Hall–Kier alpha value is -0.380. The van der Waals surface area contributed by atoms with Gasteiger partial charge in [0.15, 0.2) is 0 Å². The summed E-state index contributed by atoms with van der Waals surface area (Å²) in [6, 6.07) is 0. The first-order chi connectivity index (χ1) is 6.06. The largest absolute Gasteiger partial charge is 0.390 e. The lowest BCUT2D eigenvalue weighted by atomic mass is 10.0. The summed E-state index contributed by atoms with van der Waals surface area (Å²) in [7, 11) is 0. The van der Waals surface area contributed by atoms with E-state index >= 15 is 0 Å². The zero-order valence-electron chi connectivity index (χ0n) is 8.58. The predicted molar refractivity (Wildman–Crippen MR) is 54.7 cm³/mol. The average Bonchev–Trinajstić information content (AvgIpc) is 2.13. The zero-order chi connectivity index (χ0) is 9.90. The fraction of sp³-hybridized carbons (Fsp3) is 0.800. The maximum Gasteiger partial charge on any atom is 0.0791 e. The van der Waals surface area contributed by atoms with Crippen LogP contribution in [0.5, 0.6) is 0 Å². The summed E-state index contributed by atoms with van der Waals surface area (Å²) in [4.78, 5) is 2.25. The standard InChI is InChI=1S/C10H20N2O/c1-4-5-12-7-9(13)6-11-8-10(12,2)3/h4,9,11,13H,1,5-8H2,2-3H3. The van der Waals surface area contributed by atoms with Crippen LogP contribution >= 0.6 is 0 Å². The predicted octanol–water partition coefficient (Wildman–Crippen LogP) is 0.217. The van der Waals surface area contributed by atoms with Crippen LogP contribution in [0.15, 0.2) is 12.7 Å². The highest BCUT2D eigenvalue weighted by atomic mass is 16.3. The van der Waals surface area contributed by atoms with Gasteiger partial charge in [-0.15, -0.1) is 6.58 Å². The van der Waals surface area contributed by atoms with Gasteiger partial charge in [0.05, 0.1) is 6.10 Å². The molecule has 76 valence electrons. The van der Waals surface area contributed by atoms with Gasteiger partial charge < -0.3 is 10.4 Å². The Morgan fingerprint density at radius 3 is 3.00 bits per heavy atom. The van der Waals surface area contributed by atoms with Crippen LogP contribution in [-0.4, -0.2) is 47.8 Å². The molecule has 0 aromatic rings. The smallest absolute Gasteiger partial charge is 0.0791 e. The Balaban J connectivity index is 2.66. The second-order valence-electron chi connectivity index (χ2n) is 4.29. The van der Waals surface area contributed by atoms with Crippen LogP contribution in [0.4, 0.5) is 0 Å². The fourth-order valence-electron chi connectivity index (χ4n) is 1.70. The molecule has 2 N–H and O–H groups in total. The molecule has 3 heteroatoms. The third kappa shape index (κ3) is 2.79. The summed E-state index contributed by atoms with van der Waals surface area (Å²) in [5, 5.41) is 12.8. The average molecular weight is 184 g/mol. The number of hydrogen-bond acceptors (Lipinski definition) is 3. The quantitative estimate of drug-likeness (QED) is 0.603. The molecule has 0 spiro atoms. The molecule has 3 nitrogen and oxygen atoms in total. The van der Waals surface area contributed by atoms with Crippen molar-refractivity contribution >= 4 is 0 Å². The molecule has 1 rings (SSSR count). The highest BCUT2D eigenvalue weighted by Gasteiger charge is 2.29. The van der Waals surface area contributed by atoms with Crippen LogP contribution in [0.25, 0.3) is 0 Å². The van der Waals surface area contributed by atoms with Gasteiger partial charge in [-0.05, 0) is 13.8 Å². The van der Waals surface area contributed by atoms with E-state index in [0.717, 1.165) is 19.6 Å². The number of aliphatic hydroxyl groups is 1. The number of rotatable bonds is 2. The maximum absolute atomic E-state index is 9.58. The molecule has 1 aliphatic heterocycles. The number of nitrogens with one attached hydrogen (secondary N) is 1. The minimum Gasteiger partial charge on any atom is -0.390 e. The first-order valence-electron chi connectivity index (χ1n) is 4.81. The van der Waals surface area contributed by atoms with Crippen molar-refractivity contribution in [1.82, 2.24) is 10.2 Å². The molecule has 0 radical (unpaired) electrons. The highest BCUT2D eigenvalue weighted by molar-refractivity contribution is 4.91. The minimum absolute atomic E-state index is 0.103. The van der Waals surface area contributed by atoms with Gasteiger partial charge in [-0.25, -0.2) is 0 Å². The van der Waals surface area contributed by atoms with Gasteiger partial charge in [0, 0.05) is 31.7 Å². The van der Waals surface area contributed by atoms with Crippen molar-refractivity contribution in [3.05, 3.63) is 12.7 Å². The Morgan fingerprint density at radius 1 is 1.69 bits per heavy atom. The molecule has 1 unspecified atom stereocenters. The number of β-amino-alcohol motifs (C(OH)–C–C–N with tert-alkyl or cyclic N) is 1. The molecule has 1 fully saturated rings. The first kappa shape index (κ1) is 10.7. The molecular weight excluding hydrogens is 164 g/mol. The lowest BCUT2D eigenvalue weighted by Gasteiger charge is -2.36. The van der Waals surface area contributed by atoms with Crippen LogP contribution < -0.4 is 5.32 Å². The third-order valence-electron chi connectivity index (χ3n) is 2.57. The van der Waals surface area contributed by atoms with Crippen LogP contribution in [0, 0.1) is 0 Å². The molecule has 1 aliphatic rings. The normalized spacial score (nSPS) is 29.6. The van der Waals surface area contributed by atoms with Gasteiger partial charge in [-0.1, -0.05) is 6.08 Å². The molecule has 0 saturated carbocycles. The SMILES string of the molecule is C=CCN1CC(O)CNCC1(C)C. The summed E-state index contributed by atoms with van der Waals surface area (Å²) >= 11 is 0. The second kappa shape index (κ2) is 4.22. The van der Waals surface area contributed by atoms with Crippen molar-refractivity contribution in [3.63, 3.8) is 0 Å². The molecule has 0 aliphatic carbocycles. The van der Waals surface area contributed by atoms with E-state index in [9.17, 15) is 5.11 Å². The summed E-state index contributed by atoms with van der Waals surface area (Å²) in [5.41, 5.74) is 0.103. The third-order valence-corrected chi connectivity index (χ3v) is 2.57. The Bertz CT molecular complexity index is 180. The first-order valence-corrected chi connectivity index (χ1v) is 4.81. The van der Waals surface area contributed by atoms with Crippen molar-refractivity contribution in [1.29, 1.82) is 0 Å². The monoisotopic (exact) mass is 184 g/mol. The summed E-state index contributed by atoms with van der Waals surface area (Å²) < 4.78 is 0. The van der Waals surface area contributed by atoms with Gasteiger partial charge >= 0.3 is 0 Å². The van der Waals surface area contributed by atoms with Crippen molar-refractivity contribution in [3.8, 4) is 0 Å². The van der Waals surface area contributed by atoms with Gasteiger partial charge in [-0.3, -0.25) is 4.90 Å². The Labute approximate surface area is 80.4 Å². The molecule has 1 atom stereocenters. The minimum atomic E-state index is -0.262. The molecule has 0 bridgehead atoms. The molecule has 0 aromatic heterocycles. The number of aliphatic hydroxyl groups excluding tert-OH is 1. The summed E-state index contributed by atoms with van der Waals surface area (Å²) in [6.45, 7) is 11.3. The zero-order valence-corrected chi connectivity index (χ0v) is 8.58. The fourth-order valence-corrected chi connectivity index (χ4v) is 1.70. The van der Waals surface area contributed by atoms with E-state index in [0.29, 0.717) is 6.54 Å². The summed E-state index contributed by atoms with van der Waals surface area (Å²) in [6.07, 6.45) is 1.63. The van der Waals surface area contributed by atoms with Crippen molar-refractivity contribution < 1.29 is 5.11 Å². The Morgan fingerprint density at radius 2 is 2.38 bits per heavy atom. The van der Waals surface area contributed by atoms with E-state index in [-0.39, 0.29) is 11.6 Å². The topological polar surface area (TPSA) is 35.5 Å². The van der Waals surface area contributed by atoms with E-state index in [4.69, 9.17) is 0 Å². The highest BCUT2D eigenvalue weighted by Crippen LogP contribution is 2.15. The van der Waals surface area contributed by atoms with Crippen LogP contribution in [0.2, 0.25) is 0 Å². The van der Waals surface area contributed by atoms with Gasteiger partial charge in [0.1, 0.15) is 0 Å². The van der Waals surface area contributed by atoms with E-state index in [1.54, 1.807) is 0 Å². The van der Waals surface area contributed by atoms with Crippen molar-refractivity contribution in [2.45, 2.75) is 25.5 Å². The van der Waals surface area contributed by atoms with E-state index in [2.05, 4.69) is 30.6 Å². The summed E-state index contributed by atoms with van der Waals surface area (Å²) in [5.74, 6) is 0. The van der Waals surface area contributed by atoms with Crippen LogP contribution in [0.3, 0.4) is 0 Å². The van der Waals surface area contributed by atoms with Gasteiger partial charge in [-0.2, -0.15) is 0 Å². The molecule has 13 heavy (non-hydrogen) atoms. The number of hydrogen-bond donors (Lipinski definition) is 2. The van der Waals surface area contributed by atoms with Gasteiger partial charge in [0.25, 0.3) is 0 Å². The molecular formula is C10H20N2O. The van der Waals surface area contributed by atoms with E-state index < -0.39 is 0 Å². The van der Waals surface area contributed by atoms with E-state index in [1.165, 1.54) is 0 Å². The molecule has 0 aromatic carbocycles. The Kier molecular flexibility index (Phi) is 3.47. The second-order valence-corrected chi connectivity index (χ2v) is 4.29. The lowest BCUT2D eigenvalue weighted by molar-refractivity contribution is 0.0873. The van der Waals surface area contributed by atoms with E-state index in [1.807, 2.05) is 6.08 Å². The molecule has 1 saturated heterocycles.